The van der Waals surface area contributed by atoms with Gasteiger partial charge in [-0.25, -0.2) is 4.98 Å². The van der Waals surface area contributed by atoms with Crippen LogP contribution in [0.2, 0.25) is 5.15 Å². The van der Waals surface area contributed by atoms with Gasteiger partial charge in [0.25, 0.3) is 0 Å². The van der Waals surface area contributed by atoms with Crippen LogP contribution in [0.1, 0.15) is 26.5 Å². The second-order valence-corrected chi connectivity index (χ2v) is 4.88. The second kappa shape index (κ2) is 6.19. The van der Waals surface area contributed by atoms with Gasteiger partial charge in [0.05, 0.1) is 18.0 Å². The molecule has 1 rings (SSSR count). The molecule has 0 aliphatic heterocycles. The van der Waals surface area contributed by atoms with Gasteiger partial charge in [-0.2, -0.15) is 0 Å². The maximum atomic E-state index is 11.7. The molecular formula is C11H16Cl2N2O2. The number of hydrogen-bond donors (Lipinski definition) is 2. The summed E-state index contributed by atoms with van der Waals surface area (Å²) in [6.45, 7) is 5.17. The fraction of sp³-hybridized carbons (Fsp3) is 0.455. The van der Waals surface area contributed by atoms with Crippen LogP contribution >= 0.6 is 24.0 Å². The van der Waals surface area contributed by atoms with Crippen molar-refractivity contribution < 1.29 is 9.90 Å². The Hall–Kier alpha value is -0.840. The van der Waals surface area contributed by atoms with Gasteiger partial charge in [-0.15, -0.1) is 12.4 Å². The Labute approximate surface area is 112 Å². The highest BCUT2D eigenvalue weighted by atomic mass is 35.5. The molecule has 1 aromatic rings. The van der Waals surface area contributed by atoms with E-state index in [4.69, 9.17) is 16.7 Å². The summed E-state index contributed by atoms with van der Waals surface area (Å²) in [7, 11) is 0. The molecule has 0 saturated heterocycles. The van der Waals surface area contributed by atoms with E-state index in [1.54, 1.807) is 12.1 Å². The molecule has 0 atom stereocenters. The summed E-state index contributed by atoms with van der Waals surface area (Å²) in [5, 5.41) is 12.1. The number of aromatic nitrogens is 1. The van der Waals surface area contributed by atoms with Crippen LogP contribution in [0.25, 0.3) is 0 Å². The number of nitrogens with zero attached hydrogens (tertiary/aromatic N) is 1. The molecule has 0 aromatic carbocycles. The number of hydrogen-bond acceptors (Lipinski definition) is 3. The SMILES string of the molecule is CC(C)(C)C(=O)Nc1ccc(Cl)nc1CO.Cl. The van der Waals surface area contributed by atoms with E-state index in [2.05, 4.69) is 10.3 Å². The highest BCUT2D eigenvalue weighted by molar-refractivity contribution is 6.29. The lowest BCUT2D eigenvalue weighted by Crippen LogP contribution is -2.28. The number of amides is 1. The maximum Gasteiger partial charge on any atom is 0.229 e. The number of carbonyl (C=O) groups is 1. The summed E-state index contributed by atoms with van der Waals surface area (Å²) >= 11 is 5.69. The Bertz CT molecular complexity index is 403. The topological polar surface area (TPSA) is 62.2 Å². The fourth-order valence-electron chi connectivity index (χ4n) is 1.02. The predicted octanol–water partition coefficient (Wildman–Crippen LogP) is 2.63. The van der Waals surface area contributed by atoms with Crippen LogP contribution in [0.4, 0.5) is 5.69 Å². The molecule has 17 heavy (non-hydrogen) atoms. The normalized spacial score (nSPS) is 10.6. The van der Waals surface area contributed by atoms with Gasteiger partial charge >= 0.3 is 0 Å². The van der Waals surface area contributed by atoms with Crippen LogP contribution in [-0.4, -0.2) is 16.0 Å². The zero-order valence-electron chi connectivity index (χ0n) is 9.95. The van der Waals surface area contributed by atoms with E-state index in [1.807, 2.05) is 20.8 Å². The van der Waals surface area contributed by atoms with Gasteiger partial charge < -0.3 is 10.4 Å². The van der Waals surface area contributed by atoms with Crippen LogP contribution in [-0.2, 0) is 11.4 Å². The van der Waals surface area contributed by atoms with Crippen molar-refractivity contribution in [1.82, 2.24) is 4.98 Å². The van der Waals surface area contributed by atoms with Crippen molar-refractivity contribution in [2.45, 2.75) is 27.4 Å². The summed E-state index contributed by atoms with van der Waals surface area (Å²) in [5.41, 5.74) is 0.365. The lowest BCUT2D eigenvalue weighted by Gasteiger charge is -2.18. The second-order valence-electron chi connectivity index (χ2n) is 4.49. The number of nitrogens with one attached hydrogen (secondary N) is 1. The third-order valence-corrected chi connectivity index (χ3v) is 2.23. The fourth-order valence-corrected chi connectivity index (χ4v) is 1.18. The van der Waals surface area contributed by atoms with Crippen molar-refractivity contribution in [1.29, 1.82) is 0 Å². The minimum absolute atomic E-state index is 0. The Morgan fingerprint density at radius 1 is 1.47 bits per heavy atom. The number of aliphatic hydroxyl groups excluding tert-OH is 1. The van der Waals surface area contributed by atoms with Crippen molar-refractivity contribution in [3.8, 4) is 0 Å². The average molecular weight is 279 g/mol. The van der Waals surface area contributed by atoms with E-state index in [9.17, 15) is 4.79 Å². The minimum atomic E-state index is -0.494. The van der Waals surface area contributed by atoms with Crippen molar-refractivity contribution >= 4 is 35.6 Å². The van der Waals surface area contributed by atoms with Crippen LogP contribution in [0.3, 0.4) is 0 Å². The van der Waals surface area contributed by atoms with Crippen LogP contribution in [0, 0.1) is 5.41 Å². The number of carbonyl (C=O) groups excluding carboxylic acids is 1. The highest BCUT2D eigenvalue weighted by Gasteiger charge is 2.22. The molecule has 6 heteroatoms. The van der Waals surface area contributed by atoms with Crippen LogP contribution in [0.15, 0.2) is 12.1 Å². The third-order valence-electron chi connectivity index (χ3n) is 2.02. The Kier molecular flexibility index (Phi) is 5.88. The zero-order chi connectivity index (χ0) is 12.3. The smallest absolute Gasteiger partial charge is 0.229 e. The standard InChI is InChI=1S/C11H15ClN2O2.ClH/c1-11(2,3)10(16)14-7-4-5-9(12)13-8(7)6-15;/h4-5,15H,6H2,1-3H3,(H,14,16);1H. The molecule has 0 radical (unpaired) electrons. The molecule has 0 spiro atoms. The first-order valence-electron chi connectivity index (χ1n) is 4.92. The van der Waals surface area contributed by atoms with Crippen molar-refractivity contribution in [2.75, 3.05) is 5.32 Å². The van der Waals surface area contributed by atoms with Gasteiger partial charge in [-0.3, -0.25) is 4.79 Å². The number of pyridine rings is 1. The predicted molar refractivity (Wildman–Crippen MR) is 70.5 cm³/mol. The molecule has 96 valence electrons. The number of rotatable bonds is 2. The van der Waals surface area contributed by atoms with E-state index in [0.717, 1.165) is 0 Å². The Morgan fingerprint density at radius 3 is 2.53 bits per heavy atom. The molecule has 1 aromatic heterocycles. The van der Waals surface area contributed by atoms with Crippen LogP contribution in [0.5, 0.6) is 0 Å². The molecular weight excluding hydrogens is 263 g/mol. The minimum Gasteiger partial charge on any atom is -0.390 e. The van der Waals surface area contributed by atoms with E-state index >= 15 is 0 Å². The maximum absolute atomic E-state index is 11.7. The Balaban J connectivity index is 0.00000256. The zero-order valence-corrected chi connectivity index (χ0v) is 11.5. The third kappa shape index (κ3) is 4.50. The van der Waals surface area contributed by atoms with Gasteiger partial charge in [-0.1, -0.05) is 32.4 Å². The summed E-state index contributed by atoms with van der Waals surface area (Å²) in [5.74, 6) is -0.133. The quantitative estimate of drug-likeness (QED) is 0.818. The van der Waals surface area contributed by atoms with E-state index < -0.39 is 5.41 Å². The lowest BCUT2D eigenvalue weighted by molar-refractivity contribution is -0.123. The molecule has 0 saturated carbocycles. The molecule has 2 N–H and O–H groups in total. The van der Waals surface area contributed by atoms with E-state index in [1.165, 1.54) is 0 Å². The molecule has 1 amide bonds. The monoisotopic (exact) mass is 278 g/mol. The molecule has 4 nitrogen and oxygen atoms in total. The van der Waals surface area contributed by atoms with E-state index in [0.29, 0.717) is 11.4 Å². The lowest BCUT2D eigenvalue weighted by atomic mass is 9.95. The Morgan fingerprint density at radius 2 is 2.06 bits per heavy atom. The highest BCUT2D eigenvalue weighted by Crippen LogP contribution is 2.21. The summed E-state index contributed by atoms with van der Waals surface area (Å²) in [6, 6.07) is 3.20. The molecule has 1 heterocycles. The van der Waals surface area contributed by atoms with Crippen LogP contribution < -0.4 is 5.32 Å². The van der Waals surface area contributed by atoms with Gasteiger partial charge in [0.15, 0.2) is 0 Å². The first-order chi connectivity index (χ1) is 7.34. The first kappa shape index (κ1) is 16.2. The van der Waals surface area contributed by atoms with Crippen molar-refractivity contribution in [2.24, 2.45) is 5.41 Å². The van der Waals surface area contributed by atoms with Gasteiger partial charge in [-0.05, 0) is 12.1 Å². The molecule has 0 aliphatic rings. The van der Waals surface area contributed by atoms with Gasteiger partial charge in [0, 0.05) is 5.41 Å². The summed E-state index contributed by atoms with van der Waals surface area (Å²) in [6.07, 6.45) is 0. The van der Waals surface area contributed by atoms with Crippen molar-refractivity contribution in [3.63, 3.8) is 0 Å². The first-order valence-corrected chi connectivity index (χ1v) is 5.30. The largest absolute Gasteiger partial charge is 0.390 e. The molecule has 0 fully saturated rings. The molecule has 0 bridgehead atoms. The van der Waals surface area contributed by atoms with Gasteiger partial charge in [0.1, 0.15) is 5.15 Å². The molecule has 0 aliphatic carbocycles. The molecule has 0 unspecified atom stereocenters. The van der Waals surface area contributed by atoms with E-state index in [-0.39, 0.29) is 30.1 Å². The number of anilines is 1. The average Bonchev–Trinajstić information content (AvgIpc) is 2.19. The summed E-state index contributed by atoms with van der Waals surface area (Å²) < 4.78 is 0. The van der Waals surface area contributed by atoms with Crippen molar-refractivity contribution in [3.05, 3.63) is 23.0 Å². The summed E-state index contributed by atoms with van der Waals surface area (Å²) in [4.78, 5) is 15.7. The number of halogens is 2. The van der Waals surface area contributed by atoms with Gasteiger partial charge in [0.2, 0.25) is 5.91 Å². The number of aliphatic hydroxyl groups is 1.